The van der Waals surface area contributed by atoms with Crippen LogP contribution in [0.5, 0.6) is 11.5 Å². The molecule has 0 radical (unpaired) electrons. The number of carbonyl (C=O) groups excluding carboxylic acids is 1. The average Bonchev–Trinajstić information content (AvgIpc) is 2.60. The lowest BCUT2D eigenvalue weighted by Crippen LogP contribution is -2.16. The molecule has 2 rings (SSSR count). The number of methoxy groups -OCH3 is 2. The van der Waals surface area contributed by atoms with E-state index in [0.29, 0.717) is 22.3 Å². The van der Waals surface area contributed by atoms with Crippen LogP contribution in [0, 0.1) is 0 Å². The molecule has 0 atom stereocenters. The SMILES string of the molecule is CCCc1cc(=O)[nH]c(SCC(=O)Nc2ccc(OC)cc2OC)n1. The number of aromatic nitrogens is 2. The van der Waals surface area contributed by atoms with Crippen molar-refractivity contribution < 1.29 is 14.3 Å². The van der Waals surface area contributed by atoms with Gasteiger partial charge in [0.1, 0.15) is 11.5 Å². The molecule has 1 aromatic carbocycles. The summed E-state index contributed by atoms with van der Waals surface area (Å²) in [5.41, 5.74) is 1.07. The van der Waals surface area contributed by atoms with E-state index in [-0.39, 0.29) is 17.2 Å². The lowest BCUT2D eigenvalue weighted by molar-refractivity contribution is -0.113. The number of hydrogen-bond donors (Lipinski definition) is 2. The van der Waals surface area contributed by atoms with Crippen molar-refractivity contribution in [2.75, 3.05) is 25.3 Å². The standard InChI is InChI=1S/C17H21N3O4S/c1-4-5-11-8-15(21)20-17(18-11)25-10-16(22)19-13-7-6-12(23-2)9-14(13)24-3/h6-9H,4-5,10H2,1-3H3,(H,19,22)(H,18,20,21). The van der Waals surface area contributed by atoms with Crippen molar-refractivity contribution in [2.45, 2.75) is 24.9 Å². The summed E-state index contributed by atoms with van der Waals surface area (Å²) in [6.07, 6.45) is 1.63. The summed E-state index contributed by atoms with van der Waals surface area (Å²) in [6, 6.07) is 6.62. The summed E-state index contributed by atoms with van der Waals surface area (Å²) >= 11 is 1.18. The van der Waals surface area contributed by atoms with Crippen LogP contribution in [-0.4, -0.2) is 35.8 Å². The van der Waals surface area contributed by atoms with E-state index in [1.165, 1.54) is 24.9 Å². The van der Waals surface area contributed by atoms with Crippen LogP contribution in [0.2, 0.25) is 0 Å². The molecule has 7 nitrogen and oxygen atoms in total. The maximum absolute atomic E-state index is 12.2. The first-order valence-corrected chi connectivity index (χ1v) is 8.79. The number of amides is 1. The first-order chi connectivity index (χ1) is 12.0. The Kier molecular flexibility index (Phi) is 6.88. The number of carbonyl (C=O) groups is 1. The molecule has 0 saturated heterocycles. The lowest BCUT2D eigenvalue weighted by atomic mass is 10.2. The molecule has 0 aliphatic rings. The van der Waals surface area contributed by atoms with E-state index in [9.17, 15) is 9.59 Å². The van der Waals surface area contributed by atoms with E-state index < -0.39 is 0 Å². The molecular weight excluding hydrogens is 342 g/mol. The third-order valence-electron chi connectivity index (χ3n) is 3.30. The fourth-order valence-corrected chi connectivity index (χ4v) is 2.85. The van der Waals surface area contributed by atoms with Crippen molar-refractivity contribution in [1.29, 1.82) is 0 Å². The predicted molar refractivity (Wildman–Crippen MR) is 97.8 cm³/mol. The smallest absolute Gasteiger partial charge is 0.251 e. The van der Waals surface area contributed by atoms with Gasteiger partial charge in [0.25, 0.3) is 5.56 Å². The van der Waals surface area contributed by atoms with Gasteiger partial charge in [0.15, 0.2) is 5.16 Å². The Labute approximate surface area is 150 Å². The Hall–Kier alpha value is -2.48. The van der Waals surface area contributed by atoms with Crippen LogP contribution in [-0.2, 0) is 11.2 Å². The summed E-state index contributed by atoms with van der Waals surface area (Å²) in [6.45, 7) is 2.02. The summed E-state index contributed by atoms with van der Waals surface area (Å²) in [5, 5.41) is 3.22. The summed E-state index contributed by atoms with van der Waals surface area (Å²) < 4.78 is 10.4. The Morgan fingerprint density at radius 1 is 1.28 bits per heavy atom. The summed E-state index contributed by atoms with van der Waals surface area (Å²) in [5.74, 6) is 1.04. The highest BCUT2D eigenvalue weighted by molar-refractivity contribution is 7.99. The molecular formula is C17H21N3O4S. The first kappa shape index (κ1) is 18.9. The normalized spacial score (nSPS) is 10.4. The molecule has 0 unspecified atom stereocenters. The molecule has 0 spiro atoms. The number of ether oxygens (including phenoxy) is 2. The zero-order valence-corrected chi connectivity index (χ0v) is 15.2. The van der Waals surface area contributed by atoms with E-state index in [4.69, 9.17) is 9.47 Å². The van der Waals surface area contributed by atoms with Crippen molar-refractivity contribution >= 4 is 23.4 Å². The second-order valence-electron chi connectivity index (χ2n) is 5.19. The molecule has 25 heavy (non-hydrogen) atoms. The predicted octanol–water partition coefficient (Wildman–Crippen LogP) is 2.47. The maximum atomic E-state index is 12.2. The molecule has 2 N–H and O–H groups in total. The first-order valence-electron chi connectivity index (χ1n) is 7.80. The highest BCUT2D eigenvalue weighted by Crippen LogP contribution is 2.29. The molecule has 1 heterocycles. The molecule has 2 aromatic rings. The number of aromatic amines is 1. The van der Waals surface area contributed by atoms with Gasteiger partial charge in [-0.15, -0.1) is 0 Å². The van der Waals surface area contributed by atoms with Crippen LogP contribution in [0.25, 0.3) is 0 Å². The van der Waals surface area contributed by atoms with Gasteiger partial charge in [-0.25, -0.2) is 4.98 Å². The quantitative estimate of drug-likeness (QED) is 0.553. The number of rotatable bonds is 8. The van der Waals surface area contributed by atoms with Gasteiger partial charge in [0.05, 0.1) is 25.7 Å². The van der Waals surface area contributed by atoms with Crippen LogP contribution < -0.4 is 20.3 Å². The number of nitrogens with one attached hydrogen (secondary N) is 2. The van der Waals surface area contributed by atoms with E-state index >= 15 is 0 Å². The number of thioether (sulfide) groups is 1. The van der Waals surface area contributed by atoms with Gasteiger partial charge in [-0.3, -0.25) is 9.59 Å². The Balaban J connectivity index is 2.00. The van der Waals surface area contributed by atoms with Crippen molar-refractivity contribution in [2.24, 2.45) is 0 Å². The number of hydrogen-bond acceptors (Lipinski definition) is 6. The second kappa shape index (κ2) is 9.12. The van der Waals surface area contributed by atoms with Gasteiger partial charge in [-0.2, -0.15) is 0 Å². The topological polar surface area (TPSA) is 93.3 Å². The van der Waals surface area contributed by atoms with Gasteiger partial charge in [-0.1, -0.05) is 25.1 Å². The second-order valence-corrected chi connectivity index (χ2v) is 6.16. The molecule has 0 aliphatic carbocycles. The minimum atomic E-state index is -0.225. The number of aryl methyl sites for hydroxylation is 1. The van der Waals surface area contributed by atoms with Crippen LogP contribution >= 0.6 is 11.8 Å². The van der Waals surface area contributed by atoms with Crippen molar-refractivity contribution in [3.63, 3.8) is 0 Å². The summed E-state index contributed by atoms with van der Waals surface area (Å²) in [4.78, 5) is 30.8. The average molecular weight is 363 g/mol. The Bertz CT molecular complexity index is 792. The monoisotopic (exact) mass is 363 g/mol. The molecule has 8 heteroatoms. The third-order valence-corrected chi connectivity index (χ3v) is 4.18. The number of nitrogens with zero attached hydrogens (tertiary/aromatic N) is 1. The molecule has 1 amide bonds. The molecule has 0 saturated carbocycles. The minimum Gasteiger partial charge on any atom is -0.497 e. The van der Waals surface area contributed by atoms with Crippen molar-refractivity contribution in [1.82, 2.24) is 9.97 Å². The van der Waals surface area contributed by atoms with E-state index in [1.54, 1.807) is 25.3 Å². The van der Waals surface area contributed by atoms with E-state index in [2.05, 4.69) is 15.3 Å². The number of benzene rings is 1. The van der Waals surface area contributed by atoms with Crippen LogP contribution in [0.4, 0.5) is 5.69 Å². The molecule has 0 aliphatic heterocycles. The molecule has 0 bridgehead atoms. The van der Waals surface area contributed by atoms with Crippen molar-refractivity contribution in [3.05, 3.63) is 40.3 Å². The zero-order chi connectivity index (χ0) is 18.2. The maximum Gasteiger partial charge on any atom is 0.251 e. The van der Waals surface area contributed by atoms with Gasteiger partial charge in [0.2, 0.25) is 5.91 Å². The van der Waals surface area contributed by atoms with Gasteiger partial charge < -0.3 is 19.8 Å². The Morgan fingerprint density at radius 3 is 2.76 bits per heavy atom. The fraction of sp³-hybridized carbons (Fsp3) is 0.353. The van der Waals surface area contributed by atoms with Gasteiger partial charge >= 0.3 is 0 Å². The van der Waals surface area contributed by atoms with Gasteiger partial charge in [0, 0.05) is 17.8 Å². The van der Waals surface area contributed by atoms with Gasteiger partial charge in [-0.05, 0) is 18.6 Å². The van der Waals surface area contributed by atoms with E-state index in [0.717, 1.165) is 18.5 Å². The fourth-order valence-electron chi connectivity index (χ4n) is 2.16. The van der Waals surface area contributed by atoms with Crippen LogP contribution in [0.15, 0.2) is 34.2 Å². The zero-order valence-electron chi connectivity index (χ0n) is 14.4. The van der Waals surface area contributed by atoms with Crippen LogP contribution in [0.1, 0.15) is 19.0 Å². The van der Waals surface area contributed by atoms with Crippen LogP contribution in [0.3, 0.4) is 0 Å². The minimum absolute atomic E-state index is 0.119. The third kappa shape index (κ3) is 5.53. The highest BCUT2D eigenvalue weighted by Gasteiger charge is 2.10. The van der Waals surface area contributed by atoms with Crippen molar-refractivity contribution in [3.8, 4) is 11.5 Å². The summed E-state index contributed by atoms with van der Waals surface area (Å²) in [7, 11) is 3.08. The molecule has 1 aromatic heterocycles. The highest BCUT2D eigenvalue weighted by atomic mass is 32.2. The molecule has 134 valence electrons. The lowest BCUT2D eigenvalue weighted by Gasteiger charge is -2.11. The molecule has 0 fully saturated rings. The Morgan fingerprint density at radius 2 is 2.08 bits per heavy atom. The largest absolute Gasteiger partial charge is 0.497 e. The number of anilines is 1. The number of H-pyrrole nitrogens is 1. The van der Waals surface area contributed by atoms with E-state index in [1.807, 2.05) is 6.92 Å².